The van der Waals surface area contributed by atoms with Gasteiger partial charge in [0, 0.05) is 18.5 Å². The molecule has 1 unspecified atom stereocenters. The maximum absolute atomic E-state index is 6.25. The number of ether oxygens (including phenoxy) is 1. The van der Waals surface area contributed by atoms with Crippen LogP contribution in [-0.4, -0.2) is 30.8 Å². The van der Waals surface area contributed by atoms with Gasteiger partial charge in [0.1, 0.15) is 11.9 Å². The first kappa shape index (κ1) is 19.2. The van der Waals surface area contributed by atoms with Crippen molar-refractivity contribution in [1.29, 1.82) is 0 Å². The van der Waals surface area contributed by atoms with Crippen molar-refractivity contribution in [3.63, 3.8) is 0 Å². The molecule has 0 spiro atoms. The Balaban J connectivity index is 2.04. The summed E-state index contributed by atoms with van der Waals surface area (Å²) in [6.45, 7) is 13.9. The van der Waals surface area contributed by atoms with Gasteiger partial charge < -0.3 is 9.16 Å². The van der Waals surface area contributed by atoms with Gasteiger partial charge in [-0.2, -0.15) is 5.10 Å². The zero-order valence-electron chi connectivity index (χ0n) is 15.3. The first-order valence-corrected chi connectivity index (χ1v) is 11.9. The minimum atomic E-state index is -1.76. The molecule has 2 rings (SSSR count). The van der Waals surface area contributed by atoms with Crippen LogP contribution < -0.4 is 4.74 Å². The van der Waals surface area contributed by atoms with Gasteiger partial charge in [-0.25, -0.2) is 4.68 Å². The highest BCUT2D eigenvalue weighted by Gasteiger charge is 2.37. The van der Waals surface area contributed by atoms with Crippen LogP contribution in [0.25, 0.3) is 5.69 Å². The summed E-state index contributed by atoms with van der Waals surface area (Å²) in [5.74, 6) is 0.800. The number of halogens is 1. The Morgan fingerprint density at radius 2 is 2.00 bits per heavy atom. The third kappa shape index (κ3) is 4.71. The van der Waals surface area contributed by atoms with E-state index in [2.05, 4.69) is 54.9 Å². The lowest BCUT2D eigenvalue weighted by molar-refractivity contribution is 0.133. The summed E-state index contributed by atoms with van der Waals surface area (Å²) in [4.78, 5) is 0. The molecule has 1 aromatic carbocycles. The summed E-state index contributed by atoms with van der Waals surface area (Å²) >= 11 is 3.56. The van der Waals surface area contributed by atoms with Gasteiger partial charge in [0.25, 0.3) is 0 Å². The summed E-state index contributed by atoms with van der Waals surface area (Å²) < 4.78 is 15.1. The van der Waals surface area contributed by atoms with E-state index >= 15 is 0 Å². The molecule has 0 saturated heterocycles. The molecule has 1 aromatic heterocycles. The topological polar surface area (TPSA) is 36.3 Å². The molecule has 2 aromatic rings. The molecule has 6 heteroatoms. The summed E-state index contributed by atoms with van der Waals surface area (Å²) in [7, 11) is -1.76. The molecule has 0 N–H and O–H groups in total. The predicted molar refractivity (Wildman–Crippen MR) is 105 cm³/mol. The molecule has 0 aliphatic heterocycles. The molecular formula is C18H27BrN2O2Si. The first-order valence-electron chi connectivity index (χ1n) is 8.20. The van der Waals surface area contributed by atoms with Crippen molar-refractivity contribution in [3.8, 4) is 11.4 Å². The van der Waals surface area contributed by atoms with Crippen LogP contribution in [0.2, 0.25) is 18.1 Å². The van der Waals surface area contributed by atoms with Crippen LogP contribution >= 0.6 is 15.9 Å². The quantitative estimate of drug-likeness (QED) is 0.595. The highest BCUT2D eigenvalue weighted by Crippen LogP contribution is 2.36. The zero-order chi connectivity index (χ0) is 18.0. The third-order valence-corrected chi connectivity index (χ3v) is 9.65. The molecule has 4 nitrogen and oxygen atoms in total. The fraction of sp³-hybridized carbons (Fsp3) is 0.500. The minimum absolute atomic E-state index is 0.0247. The van der Waals surface area contributed by atoms with Crippen molar-refractivity contribution in [3.05, 3.63) is 41.1 Å². The SMILES string of the molecule is CC(CO[Si](C)(C)C(C)(C)C)Oc1cc(-n2cccn2)ccc1Br. The largest absolute Gasteiger partial charge is 0.487 e. The van der Waals surface area contributed by atoms with Crippen LogP contribution in [0.4, 0.5) is 0 Å². The Bertz CT molecular complexity index is 666. The molecule has 1 heterocycles. The van der Waals surface area contributed by atoms with Gasteiger partial charge in [0.15, 0.2) is 8.32 Å². The van der Waals surface area contributed by atoms with Crippen LogP contribution in [-0.2, 0) is 4.43 Å². The Morgan fingerprint density at radius 1 is 1.29 bits per heavy atom. The van der Waals surface area contributed by atoms with E-state index in [9.17, 15) is 0 Å². The van der Waals surface area contributed by atoms with Gasteiger partial charge in [-0.05, 0) is 59.2 Å². The van der Waals surface area contributed by atoms with Crippen LogP contribution in [0.3, 0.4) is 0 Å². The number of hydrogen-bond donors (Lipinski definition) is 0. The van der Waals surface area contributed by atoms with Crippen molar-refractivity contribution in [2.75, 3.05) is 6.61 Å². The Hall–Kier alpha value is -1.11. The number of aromatic nitrogens is 2. The second-order valence-corrected chi connectivity index (χ2v) is 13.2. The van der Waals surface area contributed by atoms with E-state index in [0.29, 0.717) is 6.61 Å². The molecule has 0 amide bonds. The van der Waals surface area contributed by atoms with Gasteiger partial charge >= 0.3 is 0 Å². The number of nitrogens with zero attached hydrogens (tertiary/aromatic N) is 2. The van der Waals surface area contributed by atoms with Crippen molar-refractivity contribution >= 4 is 24.2 Å². The second-order valence-electron chi connectivity index (χ2n) is 7.57. The number of hydrogen-bond acceptors (Lipinski definition) is 3. The van der Waals surface area contributed by atoms with E-state index in [1.54, 1.807) is 6.20 Å². The van der Waals surface area contributed by atoms with Crippen molar-refractivity contribution < 1.29 is 9.16 Å². The molecule has 0 fully saturated rings. The van der Waals surface area contributed by atoms with E-state index in [4.69, 9.17) is 9.16 Å². The average molecular weight is 411 g/mol. The zero-order valence-corrected chi connectivity index (χ0v) is 17.9. The fourth-order valence-corrected chi connectivity index (χ4v) is 3.36. The van der Waals surface area contributed by atoms with Gasteiger partial charge in [-0.3, -0.25) is 0 Å². The second kappa shape index (κ2) is 7.41. The minimum Gasteiger partial charge on any atom is -0.487 e. The molecule has 0 aliphatic rings. The first-order chi connectivity index (χ1) is 11.1. The maximum Gasteiger partial charge on any atom is 0.192 e. The van der Waals surface area contributed by atoms with Crippen molar-refractivity contribution in [1.82, 2.24) is 9.78 Å². The monoisotopic (exact) mass is 410 g/mol. The highest BCUT2D eigenvalue weighted by molar-refractivity contribution is 9.10. The summed E-state index contributed by atoms with van der Waals surface area (Å²) in [6.07, 6.45) is 3.65. The van der Waals surface area contributed by atoms with E-state index in [1.165, 1.54) is 0 Å². The summed E-state index contributed by atoms with van der Waals surface area (Å²) in [5, 5.41) is 4.46. The molecule has 0 saturated carbocycles. The Morgan fingerprint density at radius 3 is 2.58 bits per heavy atom. The fourth-order valence-electron chi connectivity index (χ4n) is 1.94. The molecule has 0 aliphatic carbocycles. The summed E-state index contributed by atoms with van der Waals surface area (Å²) in [5.41, 5.74) is 0.968. The molecule has 0 bridgehead atoms. The van der Waals surface area contributed by atoms with E-state index in [1.807, 2.05) is 42.1 Å². The van der Waals surface area contributed by atoms with Gasteiger partial charge in [-0.1, -0.05) is 20.8 Å². The Kier molecular flexibility index (Phi) is 5.94. The maximum atomic E-state index is 6.25. The molecule has 0 radical (unpaired) electrons. The number of rotatable bonds is 6. The van der Waals surface area contributed by atoms with Crippen molar-refractivity contribution in [2.45, 2.75) is 51.9 Å². The highest BCUT2D eigenvalue weighted by atomic mass is 79.9. The average Bonchev–Trinajstić information content (AvgIpc) is 3.00. The lowest BCUT2D eigenvalue weighted by atomic mass is 10.2. The van der Waals surface area contributed by atoms with E-state index in [-0.39, 0.29) is 11.1 Å². The lowest BCUT2D eigenvalue weighted by Gasteiger charge is -2.36. The number of benzene rings is 1. The van der Waals surface area contributed by atoms with Crippen molar-refractivity contribution in [2.24, 2.45) is 0 Å². The molecule has 24 heavy (non-hydrogen) atoms. The van der Waals surface area contributed by atoms with Gasteiger partial charge in [-0.15, -0.1) is 0 Å². The van der Waals surface area contributed by atoms with E-state index < -0.39 is 8.32 Å². The van der Waals surface area contributed by atoms with E-state index in [0.717, 1.165) is 15.9 Å². The normalized spacial score (nSPS) is 13.8. The van der Waals surface area contributed by atoms with Crippen LogP contribution in [0, 0.1) is 0 Å². The Labute approximate surface area is 154 Å². The molecule has 1 atom stereocenters. The van der Waals surface area contributed by atoms with Gasteiger partial charge in [0.2, 0.25) is 0 Å². The molecular weight excluding hydrogens is 384 g/mol. The predicted octanol–water partition coefficient (Wildman–Crippen LogP) is 5.42. The lowest BCUT2D eigenvalue weighted by Crippen LogP contribution is -2.43. The summed E-state index contributed by atoms with van der Waals surface area (Å²) in [6, 6.07) is 7.87. The van der Waals surface area contributed by atoms with Gasteiger partial charge in [0.05, 0.1) is 16.8 Å². The smallest absolute Gasteiger partial charge is 0.192 e. The third-order valence-electron chi connectivity index (χ3n) is 4.50. The molecule has 132 valence electrons. The standard InChI is InChI=1S/C18H27BrN2O2Si/c1-14(13-22-24(5,6)18(2,3)4)23-17-12-15(8-9-16(17)19)21-11-7-10-20-21/h7-12,14H,13H2,1-6H3. The van der Waals surface area contributed by atoms with Crippen LogP contribution in [0.5, 0.6) is 5.75 Å². The van der Waals surface area contributed by atoms with Crippen LogP contribution in [0.1, 0.15) is 27.7 Å². The van der Waals surface area contributed by atoms with Crippen LogP contribution in [0.15, 0.2) is 41.1 Å².